The van der Waals surface area contributed by atoms with Crippen LogP contribution >= 0.6 is 11.3 Å². The fourth-order valence-electron chi connectivity index (χ4n) is 3.45. The third-order valence-corrected chi connectivity index (χ3v) is 5.80. The summed E-state index contributed by atoms with van der Waals surface area (Å²) in [5.41, 5.74) is 2.39. The van der Waals surface area contributed by atoms with Crippen molar-refractivity contribution in [3.05, 3.63) is 57.8 Å². The molecule has 1 fully saturated rings. The van der Waals surface area contributed by atoms with Crippen LogP contribution in [0.25, 0.3) is 0 Å². The summed E-state index contributed by atoms with van der Waals surface area (Å²) in [6, 6.07) is 12.0. The van der Waals surface area contributed by atoms with Crippen molar-refractivity contribution in [3.63, 3.8) is 0 Å². The molecular formula is C21H27N3O2S. The summed E-state index contributed by atoms with van der Waals surface area (Å²) in [7, 11) is 4.08. The number of carbonyl (C=O) groups is 2. The predicted molar refractivity (Wildman–Crippen MR) is 109 cm³/mol. The lowest BCUT2D eigenvalue weighted by Crippen LogP contribution is -2.42. The lowest BCUT2D eigenvalue weighted by molar-refractivity contribution is -0.126. The standard InChI is InChI=1S/C21H27N3O2S/c1-23(2)15-18-7-4-3-6-17(18)14-22-20(25)16-9-11-24(12-10-16)21(26)19-8-5-13-27-19/h3-8,13,16H,9-12,14-15H2,1-2H3,(H,22,25). The van der Waals surface area contributed by atoms with Gasteiger partial charge in [0.2, 0.25) is 5.91 Å². The molecule has 0 unspecified atom stereocenters. The van der Waals surface area contributed by atoms with E-state index in [1.807, 2.05) is 48.6 Å². The highest BCUT2D eigenvalue weighted by Crippen LogP contribution is 2.21. The molecule has 0 bridgehead atoms. The van der Waals surface area contributed by atoms with Gasteiger partial charge in [0, 0.05) is 32.1 Å². The Bertz CT molecular complexity index is 765. The number of rotatable bonds is 6. The van der Waals surface area contributed by atoms with Gasteiger partial charge in [-0.2, -0.15) is 0 Å². The van der Waals surface area contributed by atoms with Crippen LogP contribution in [-0.2, 0) is 17.9 Å². The van der Waals surface area contributed by atoms with Crippen molar-refractivity contribution >= 4 is 23.2 Å². The molecule has 1 N–H and O–H groups in total. The minimum Gasteiger partial charge on any atom is -0.352 e. The van der Waals surface area contributed by atoms with Gasteiger partial charge in [-0.15, -0.1) is 11.3 Å². The minimum atomic E-state index is -0.0154. The van der Waals surface area contributed by atoms with Crippen molar-refractivity contribution in [2.75, 3.05) is 27.2 Å². The maximum atomic E-state index is 12.6. The number of nitrogens with one attached hydrogen (secondary N) is 1. The van der Waals surface area contributed by atoms with E-state index in [2.05, 4.69) is 22.3 Å². The Morgan fingerprint density at radius 2 is 1.81 bits per heavy atom. The van der Waals surface area contributed by atoms with Crippen LogP contribution in [-0.4, -0.2) is 48.8 Å². The van der Waals surface area contributed by atoms with Gasteiger partial charge in [-0.25, -0.2) is 0 Å². The summed E-state index contributed by atoms with van der Waals surface area (Å²) in [5, 5.41) is 5.01. The molecule has 0 spiro atoms. The maximum absolute atomic E-state index is 12.6. The first-order valence-electron chi connectivity index (χ1n) is 9.36. The Morgan fingerprint density at radius 1 is 1.11 bits per heavy atom. The Labute approximate surface area is 165 Å². The molecule has 1 aromatic carbocycles. The van der Waals surface area contributed by atoms with E-state index in [1.54, 1.807) is 0 Å². The van der Waals surface area contributed by atoms with Crippen molar-refractivity contribution in [2.45, 2.75) is 25.9 Å². The second-order valence-corrected chi connectivity index (χ2v) is 8.22. The van der Waals surface area contributed by atoms with Gasteiger partial charge in [-0.3, -0.25) is 9.59 Å². The lowest BCUT2D eigenvalue weighted by atomic mass is 9.95. The van der Waals surface area contributed by atoms with Crippen molar-refractivity contribution in [1.82, 2.24) is 15.1 Å². The minimum absolute atomic E-state index is 0.0154. The number of carbonyl (C=O) groups excluding carboxylic acids is 2. The van der Waals surface area contributed by atoms with E-state index >= 15 is 0 Å². The summed E-state index contributed by atoms with van der Waals surface area (Å²) >= 11 is 1.47. The van der Waals surface area contributed by atoms with Gasteiger partial charge < -0.3 is 15.1 Å². The summed E-state index contributed by atoms with van der Waals surface area (Å²) < 4.78 is 0. The van der Waals surface area contributed by atoms with Crippen molar-refractivity contribution in [2.24, 2.45) is 5.92 Å². The topological polar surface area (TPSA) is 52.7 Å². The van der Waals surface area contributed by atoms with Crippen LogP contribution in [0.2, 0.25) is 0 Å². The monoisotopic (exact) mass is 385 g/mol. The first kappa shape index (κ1) is 19.6. The Morgan fingerprint density at radius 3 is 2.44 bits per heavy atom. The molecule has 144 valence electrons. The summed E-state index contributed by atoms with van der Waals surface area (Å²) in [6.07, 6.45) is 1.45. The maximum Gasteiger partial charge on any atom is 0.263 e. The zero-order valence-corrected chi connectivity index (χ0v) is 16.8. The van der Waals surface area contributed by atoms with Gasteiger partial charge in [-0.1, -0.05) is 30.3 Å². The number of likely N-dealkylation sites (tertiary alicyclic amines) is 1. The van der Waals surface area contributed by atoms with Crippen molar-refractivity contribution < 1.29 is 9.59 Å². The summed E-state index contributed by atoms with van der Waals surface area (Å²) in [5.74, 6) is 0.165. The number of thiophene rings is 1. The van der Waals surface area contributed by atoms with Crippen LogP contribution in [0.4, 0.5) is 0 Å². The summed E-state index contributed by atoms with van der Waals surface area (Å²) in [6.45, 7) is 2.70. The molecular weight excluding hydrogens is 358 g/mol. The molecule has 0 atom stereocenters. The second-order valence-electron chi connectivity index (χ2n) is 7.27. The van der Waals surface area contributed by atoms with E-state index in [-0.39, 0.29) is 17.7 Å². The molecule has 6 heteroatoms. The number of benzene rings is 1. The fraction of sp³-hybridized carbons (Fsp3) is 0.429. The number of piperidine rings is 1. The van der Waals surface area contributed by atoms with Gasteiger partial charge in [0.1, 0.15) is 0 Å². The van der Waals surface area contributed by atoms with Gasteiger partial charge in [-0.05, 0) is 49.5 Å². The molecule has 1 aromatic heterocycles. The van der Waals surface area contributed by atoms with E-state index < -0.39 is 0 Å². The van der Waals surface area contributed by atoms with Crippen molar-refractivity contribution in [3.8, 4) is 0 Å². The molecule has 0 saturated carbocycles. The average molecular weight is 386 g/mol. The number of hydrogen-bond acceptors (Lipinski definition) is 4. The quantitative estimate of drug-likeness (QED) is 0.832. The lowest BCUT2D eigenvalue weighted by Gasteiger charge is -2.31. The van der Waals surface area contributed by atoms with E-state index in [1.165, 1.54) is 16.9 Å². The molecule has 2 heterocycles. The highest BCUT2D eigenvalue weighted by Gasteiger charge is 2.28. The smallest absolute Gasteiger partial charge is 0.263 e. The molecule has 1 aliphatic heterocycles. The van der Waals surface area contributed by atoms with Gasteiger partial charge in [0.05, 0.1) is 4.88 Å². The highest BCUT2D eigenvalue weighted by atomic mass is 32.1. The van der Waals surface area contributed by atoms with E-state index in [9.17, 15) is 9.59 Å². The molecule has 1 aliphatic rings. The number of nitrogens with zero attached hydrogens (tertiary/aromatic N) is 2. The highest BCUT2D eigenvalue weighted by molar-refractivity contribution is 7.12. The Kier molecular flexibility index (Phi) is 6.63. The third-order valence-electron chi connectivity index (χ3n) is 4.94. The zero-order valence-electron chi connectivity index (χ0n) is 16.0. The molecule has 3 rings (SSSR count). The van der Waals surface area contributed by atoms with Gasteiger partial charge in [0.25, 0.3) is 5.91 Å². The number of hydrogen-bond donors (Lipinski definition) is 1. The molecule has 2 aromatic rings. The van der Waals surface area contributed by atoms with Crippen LogP contribution in [0.15, 0.2) is 41.8 Å². The van der Waals surface area contributed by atoms with E-state index in [0.717, 1.165) is 29.8 Å². The first-order chi connectivity index (χ1) is 13.0. The average Bonchev–Trinajstić information content (AvgIpc) is 3.21. The van der Waals surface area contributed by atoms with Gasteiger partial charge in [0.15, 0.2) is 0 Å². The molecule has 0 radical (unpaired) electrons. The summed E-state index contributed by atoms with van der Waals surface area (Å²) in [4.78, 5) is 29.8. The molecule has 27 heavy (non-hydrogen) atoms. The van der Waals surface area contributed by atoms with Crippen LogP contribution in [0, 0.1) is 5.92 Å². The van der Waals surface area contributed by atoms with Crippen LogP contribution < -0.4 is 5.32 Å². The fourth-order valence-corrected chi connectivity index (χ4v) is 4.14. The predicted octanol–water partition coefficient (Wildman–Crippen LogP) is 2.98. The zero-order chi connectivity index (χ0) is 19.2. The van der Waals surface area contributed by atoms with E-state index in [4.69, 9.17) is 0 Å². The SMILES string of the molecule is CN(C)Cc1ccccc1CNC(=O)C1CCN(C(=O)c2cccs2)CC1. The van der Waals surface area contributed by atoms with Crippen LogP contribution in [0.1, 0.15) is 33.6 Å². The molecule has 1 saturated heterocycles. The Hall–Kier alpha value is -2.18. The van der Waals surface area contributed by atoms with Crippen molar-refractivity contribution in [1.29, 1.82) is 0 Å². The molecule has 0 aliphatic carbocycles. The van der Waals surface area contributed by atoms with Crippen LogP contribution in [0.5, 0.6) is 0 Å². The second kappa shape index (κ2) is 9.15. The van der Waals surface area contributed by atoms with E-state index in [0.29, 0.717) is 19.6 Å². The van der Waals surface area contributed by atoms with Crippen LogP contribution in [0.3, 0.4) is 0 Å². The van der Waals surface area contributed by atoms with Gasteiger partial charge >= 0.3 is 0 Å². The first-order valence-corrected chi connectivity index (χ1v) is 10.2. The Balaban J connectivity index is 1.50. The number of amides is 2. The largest absolute Gasteiger partial charge is 0.352 e. The normalized spacial score (nSPS) is 15.1. The molecule has 2 amide bonds. The third kappa shape index (κ3) is 5.17. The molecule has 5 nitrogen and oxygen atoms in total.